The molecule has 1 aromatic heterocycles. The maximum absolute atomic E-state index is 13.2. The molecule has 3 rings (SSSR count). The van der Waals surface area contributed by atoms with Gasteiger partial charge >= 0.3 is 0 Å². The number of ketones is 1. The number of rotatable bonds is 2. The number of fused-ring (bicyclic) bond motifs is 1. The summed E-state index contributed by atoms with van der Waals surface area (Å²) in [5.41, 5.74) is 2.43. The Hall–Kier alpha value is -1.48. The van der Waals surface area contributed by atoms with Crippen molar-refractivity contribution < 1.29 is 9.18 Å². The van der Waals surface area contributed by atoms with Gasteiger partial charge in [-0.05, 0) is 68.0 Å². The zero-order valence-electron chi connectivity index (χ0n) is 10.8. The molecule has 0 unspecified atom stereocenters. The molecule has 19 heavy (non-hydrogen) atoms. The van der Waals surface area contributed by atoms with Crippen LogP contribution in [0.15, 0.2) is 24.3 Å². The van der Waals surface area contributed by atoms with E-state index in [9.17, 15) is 9.18 Å². The summed E-state index contributed by atoms with van der Waals surface area (Å²) in [5.74, 6) is -0.246. The van der Waals surface area contributed by atoms with Gasteiger partial charge in [-0.3, -0.25) is 4.79 Å². The van der Waals surface area contributed by atoms with E-state index < -0.39 is 0 Å². The van der Waals surface area contributed by atoms with Crippen molar-refractivity contribution in [2.45, 2.75) is 32.6 Å². The average molecular weight is 274 g/mol. The van der Waals surface area contributed by atoms with E-state index in [-0.39, 0.29) is 11.6 Å². The highest BCUT2D eigenvalue weighted by molar-refractivity contribution is 7.14. The van der Waals surface area contributed by atoms with Crippen molar-refractivity contribution in [1.29, 1.82) is 0 Å². The van der Waals surface area contributed by atoms with Gasteiger partial charge < -0.3 is 0 Å². The molecule has 0 radical (unpaired) electrons. The van der Waals surface area contributed by atoms with Gasteiger partial charge in [-0.1, -0.05) is 0 Å². The number of thiophene rings is 1. The highest BCUT2D eigenvalue weighted by Gasteiger charge is 2.18. The number of benzene rings is 1. The van der Waals surface area contributed by atoms with Crippen molar-refractivity contribution in [3.05, 3.63) is 56.5 Å². The lowest BCUT2D eigenvalue weighted by atomic mass is 9.98. The predicted molar refractivity (Wildman–Crippen MR) is 75.5 cm³/mol. The fraction of sp³-hybridized carbons (Fsp3) is 0.312. The van der Waals surface area contributed by atoms with Crippen LogP contribution in [0.25, 0.3) is 0 Å². The monoisotopic (exact) mass is 274 g/mol. The Bertz CT molecular complexity index is 619. The minimum absolute atomic E-state index is 0.0162. The SMILES string of the molecule is Cc1cc(C(=O)c2cc3c(s2)CCCC3)ccc1F. The molecule has 0 saturated heterocycles. The van der Waals surface area contributed by atoms with E-state index in [2.05, 4.69) is 0 Å². The largest absolute Gasteiger partial charge is 0.288 e. The van der Waals surface area contributed by atoms with Crippen LogP contribution < -0.4 is 0 Å². The zero-order chi connectivity index (χ0) is 13.4. The molecule has 1 aliphatic carbocycles. The lowest BCUT2D eigenvalue weighted by Gasteiger charge is -2.08. The Kier molecular flexibility index (Phi) is 3.23. The van der Waals surface area contributed by atoms with E-state index in [1.807, 2.05) is 6.07 Å². The van der Waals surface area contributed by atoms with Gasteiger partial charge in [0.25, 0.3) is 0 Å². The summed E-state index contributed by atoms with van der Waals surface area (Å²) in [7, 11) is 0. The van der Waals surface area contributed by atoms with Gasteiger partial charge in [0.1, 0.15) is 5.82 Å². The number of hydrogen-bond acceptors (Lipinski definition) is 2. The van der Waals surface area contributed by atoms with E-state index >= 15 is 0 Å². The molecule has 0 N–H and O–H groups in total. The summed E-state index contributed by atoms with van der Waals surface area (Å²) in [6.07, 6.45) is 4.61. The summed E-state index contributed by atoms with van der Waals surface area (Å²) >= 11 is 1.61. The van der Waals surface area contributed by atoms with Crippen LogP contribution in [0, 0.1) is 12.7 Å². The first kappa shape index (κ1) is 12.5. The van der Waals surface area contributed by atoms with Crippen molar-refractivity contribution in [2.75, 3.05) is 0 Å². The molecule has 0 spiro atoms. The van der Waals surface area contributed by atoms with Crippen LogP contribution in [0.3, 0.4) is 0 Å². The number of halogens is 1. The Morgan fingerprint density at radius 3 is 2.74 bits per heavy atom. The third kappa shape index (κ3) is 2.35. The van der Waals surface area contributed by atoms with E-state index in [1.54, 1.807) is 30.4 Å². The Balaban J connectivity index is 1.95. The number of carbonyl (C=O) groups is 1. The molecular weight excluding hydrogens is 259 g/mol. The molecule has 1 aromatic carbocycles. The first-order valence-electron chi connectivity index (χ1n) is 6.57. The molecule has 0 fully saturated rings. The summed E-state index contributed by atoms with van der Waals surface area (Å²) in [6, 6.07) is 6.61. The van der Waals surface area contributed by atoms with E-state index in [1.165, 1.54) is 29.3 Å². The van der Waals surface area contributed by atoms with E-state index in [4.69, 9.17) is 0 Å². The van der Waals surface area contributed by atoms with Gasteiger partial charge in [-0.25, -0.2) is 4.39 Å². The van der Waals surface area contributed by atoms with Gasteiger partial charge in [0.05, 0.1) is 4.88 Å². The molecule has 2 aromatic rings. The smallest absolute Gasteiger partial charge is 0.202 e. The van der Waals surface area contributed by atoms with Gasteiger partial charge in [0, 0.05) is 10.4 Å². The topological polar surface area (TPSA) is 17.1 Å². The quantitative estimate of drug-likeness (QED) is 0.746. The van der Waals surface area contributed by atoms with Gasteiger partial charge in [0.15, 0.2) is 0 Å². The minimum Gasteiger partial charge on any atom is -0.288 e. The van der Waals surface area contributed by atoms with Crippen LogP contribution >= 0.6 is 11.3 Å². The maximum atomic E-state index is 13.2. The van der Waals surface area contributed by atoms with Crippen molar-refractivity contribution in [1.82, 2.24) is 0 Å². The van der Waals surface area contributed by atoms with Crippen LogP contribution in [0.4, 0.5) is 4.39 Å². The van der Waals surface area contributed by atoms with Crippen LogP contribution in [0.1, 0.15) is 44.1 Å². The lowest BCUT2D eigenvalue weighted by molar-refractivity contribution is 0.104. The minimum atomic E-state index is -0.262. The second kappa shape index (κ2) is 4.89. The Labute approximate surface area is 116 Å². The maximum Gasteiger partial charge on any atom is 0.202 e. The fourth-order valence-electron chi connectivity index (χ4n) is 2.53. The molecule has 1 nitrogen and oxygen atoms in total. The first-order valence-corrected chi connectivity index (χ1v) is 7.39. The molecule has 3 heteroatoms. The third-order valence-corrected chi connectivity index (χ3v) is 4.88. The van der Waals surface area contributed by atoms with Crippen LogP contribution in [-0.4, -0.2) is 5.78 Å². The second-order valence-corrected chi connectivity index (χ2v) is 6.20. The van der Waals surface area contributed by atoms with E-state index in [0.717, 1.165) is 17.7 Å². The van der Waals surface area contributed by atoms with Crippen LogP contribution in [-0.2, 0) is 12.8 Å². The Morgan fingerprint density at radius 2 is 2.00 bits per heavy atom. The first-order chi connectivity index (χ1) is 9.15. The van der Waals surface area contributed by atoms with Crippen LogP contribution in [0.5, 0.6) is 0 Å². The van der Waals surface area contributed by atoms with Gasteiger partial charge in [0.2, 0.25) is 5.78 Å². The van der Waals surface area contributed by atoms with Crippen molar-refractivity contribution in [3.63, 3.8) is 0 Å². The summed E-state index contributed by atoms with van der Waals surface area (Å²) in [5, 5.41) is 0. The van der Waals surface area contributed by atoms with Gasteiger partial charge in [-0.15, -0.1) is 11.3 Å². The van der Waals surface area contributed by atoms with Crippen molar-refractivity contribution >= 4 is 17.1 Å². The predicted octanol–water partition coefficient (Wildman–Crippen LogP) is 4.31. The average Bonchev–Trinajstić information content (AvgIpc) is 2.85. The van der Waals surface area contributed by atoms with Gasteiger partial charge in [-0.2, -0.15) is 0 Å². The molecule has 0 atom stereocenters. The van der Waals surface area contributed by atoms with Crippen molar-refractivity contribution in [2.24, 2.45) is 0 Å². The highest BCUT2D eigenvalue weighted by Crippen LogP contribution is 2.31. The summed E-state index contributed by atoms with van der Waals surface area (Å²) in [6.45, 7) is 1.69. The standard InChI is InChI=1S/C16H15FOS/c1-10-8-12(6-7-13(10)17)16(18)15-9-11-4-2-3-5-14(11)19-15/h6-9H,2-5H2,1H3. The summed E-state index contributed by atoms with van der Waals surface area (Å²) < 4.78 is 13.2. The second-order valence-electron chi connectivity index (χ2n) is 5.06. The molecular formula is C16H15FOS. The molecule has 0 saturated carbocycles. The van der Waals surface area contributed by atoms with E-state index in [0.29, 0.717) is 11.1 Å². The zero-order valence-corrected chi connectivity index (χ0v) is 11.6. The highest BCUT2D eigenvalue weighted by atomic mass is 32.1. The fourth-order valence-corrected chi connectivity index (χ4v) is 3.75. The number of hydrogen-bond donors (Lipinski definition) is 0. The molecule has 98 valence electrons. The number of aryl methyl sites for hydroxylation is 3. The molecule has 0 aliphatic heterocycles. The third-order valence-electron chi connectivity index (χ3n) is 3.64. The summed E-state index contributed by atoms with van der Waals surface area (Å²) in [4.78, 5) is 14.6. The molecule has 1 heterocycles. The van der Waals surface area contributed by atoms with Crippen LogP contribution in [0.2, 0.25) is 0 Å². The number of carbonyl (C=O) groups excluding carboxylic acids is 1. The molecule has 0 amide bonds. The molecule has 0 bridgehead atoms. The normalized spacial score (nSPS) is 14.2. The Morgan fingerprint density at radius 1 is 1.21 bits per heavy atom. The lowest BCUT2D eigenvalue weighted by Crippen LogP contribution is -2.00. The molecule has 1 aliphatic rings. The van der Waals surface area contributed by atoms with Crippen molar-refractivity contribution in [3.8, 4) is 0 Å².